The zero-order chi connectivity index (χ0) is 22.2. The summed E-state index contributed by atoms with van der Waals surface area (Å²) in [5, 5.41) is 21.4. The Hall–Kier alpha value is -2.37. The van der Waals surface area contributed by atoms with Gasteiger partial charge in [-0.15, -0.1) is 0 Å². The maximum absolute atomic E-state index is 15.2. The Balaban J connectivity index is 1.57. The second kappa shape index (κ2) is 8.64. The van der Waals surface area contributed by atoms with Gasteiger partial charge in [0.15, 0.2) is 0 Å². The molecule has 5 heteroatoms. The topological polar surface area (TPSA) is 58.9 Å². The number of aryl methyl sites for hydroxylation is 1. The highest BCUT2D eigenvalue weighted by Crippen LogP contribution is 2.52. The van der Waals surface area contributed by atoms with Crippen LogP contribution in [0.15, 0.2) is 60.4 Å². The first-order valence-corrected chi connectivity index (χ1v) is 11.1. The molecule has 31 heavy (non-hydrogen) atoms. The molecule has 2 aromatic rings. The van der Waals surface area contributed by atoms with Crippen molar-refractivity contribution in [3.8, 4) is 11.5 Å². The van der Waals surface area contributed by atoms with E-state index in [9.17, 15) is 10.2 Å². The molecule has 4 rings (SSSR count). The Bertz CT molecular complexity index is 940. The van der Waals surface area contributed by atoms with Gasteiger partial charge in [-0.1, -0.05) is 49.7 Å². The molecule has 1 fully saturated rings. The fourth-order valence-corrected chi connectivity index (χ4v) is 4.86. The predicted molar refractivity (Wildman–Crippen MR) is 118 cm³/mol. The van der Waals surface area contributed by atoms with E-state index in [2.05, 4.69) is 13.0 Å². The maximum atomic E-state index is 15.2. The highest BCUT2D eigenvalue weighted by Gasteiger charge is 2.49. The summed E-state index contributed by atoms with van der Waals surface area (Å²) in [6.07, 6.45) is 1.38. The van der Waals surface area contributed by atoms with Gasteiger partial charge in [-0.2, -0.15) is 0 Å². The monoisotopic (exact) mass is 426 g/mol. The highest BCUT2D eigenvalue weighted by molar-refractivity contribution is 5.49. The van der Waals surface area contributed by atoms with E-state index in [1.807, 2.05) is 30.3 Å². The van der Waals surface area contributed by atoms with Crippen molar-refractivity contribution in [2.75, 3.05) is 0 Å². The van der Waals surface area contributed by atoms with Crippen molar-refractivity contribution < 1.29 is 24.1 Å². The average molecular weight is 427 g/mol. The summed E-state index contributed by atoms with van der Waals surface area (Å²) >= 11 is 0. The molecule has 0 saturated heterocycles. The van der Waals surface area contributed by atoms with Crippen LogP contribution >= 0.6 is 0 Å². The molecule has 166 valence electrons. The van der Waals surface area contributed by atoms with Gasteiger partial charge in [0, 0.05) is 23.8 Å². The number of aliphatic hydroxyl groups excluding tert-OH is 2. The number of hydrogen-bond donors (Lipinski definition) is 2. The normalized spacial score (nSPS) is 26.2. The Labute approximate surface area is 183 Å². The van der Waals surface area contributed by atoms with Gasteiger partial charge in [0.25, 0.3) is 0 Å². The molecule has 0 aromatic heterocycles. The Morgan fingerprint density at radius 2 is 1.97 bits per heavy atom. The second-order valence-corrected chi connectivity index (χ2v) is 9.12. The maximum Gasteiger partial charge on any atom is 0.144 e. The van der Waals surface area contributed by atoms with Crippen LogP contribution in [0.1, 0.15) is 50.7 Å². The minimum absolute atomic E-state index is 0.127. The standard InChI is InChI=1S/C26H31FO4/c1-4-9-16-10-8-13-18-23-19(21(28)15-22(23)30-24(16)18)14-20(27)25(29)26(2,3)31-17-11-6-5-7-12-17/h5-8,10-14,19,21-23,25,28-29H,4,9,15H2,1-3H3/b20-14-/t19-,21+,22-,23+,25-/m0/s1. The summed E-state index contributed by atoms with van der Waals surface area (Å²) in [7, 11) is 0. The molecule has 0 unspecified atom stereocenters. The first kappa shape index (κ1) is 21.8. The van der Waals surface area contributed by atoms with Crippen molar-refractivity contribution in [1.29, 1.82) is 0 Å². The highest BCUT2D eigenvalue weighted by atomic mass is 19.1. The van der Waals surface area contributed by atoms with Crippen LogP contribution in [0.3, 0.4) is 0 Å². The Morgan fingerprint density at radius 3 is 2.68 bits per heavy atom. The van der Waals surface area contributed by atoms with Crippen molar-refractivity contribution in [1.82, 2.24) is 0 Å². The van der Waals surface area contributed by atoms with Crippen molar-refractivity contribution in [3.05, 3.63) is 71.6 Å². The number of ether oxygens (including phenoxy) is 2. The Morgan fingerprint density at radius 1 is 1.23 bits per heavy atom. The molecular weight excluding hydrogens is 395 g/mol. The molecule has 2 aliphatic rings. The molecule has 0 bridgehead atoms. The van der Waals surface area contributed by atoms with Gasteiger partial charge in [0.05, 0.1) is 6.10 Å². The third-order valence-corrected chi connectivity index (χ3v) is 6.40. The molecule has 4 nitrogen and oxygen atoms in total. The summed E-state index contributed by atoms with van der Waals surface area (Å²) in [5.41, 5.74) is 1.00. The zero-order valence-corrected chi connectivity index (χ0v) is 18.3. The fraction of sp³-hybridized carbons (Fsp3) is 0.462. The fourth-order valence-electron chi connectivity index (χ4n) is 4.86. The zero-order valence-electron chi connectivity index (χ0n) is 18.3. The van der Waals surface area contributed by atoms with Crippen molar-refractivity contribution in [2.45, 2.75) is 69.9 Å². The quantitative estimate of drug-likeness (QED) is 0.659. The molecule has 1 aliphatic carbocycles. The summed E-state index contributed by atoms with van der Waals surface area (Å²) in [6, 6.07) is 15.1. The van der Waals surface area contributed by atoms with Gasteiger partial charge in [-0.05, 0) is 44.0 Å². The van der Waals surface area contributed by atoms with Gasteiger partial charge in [-0.25, -0.2) is 4.39 Å². The lowest BCUT2D eigenvalue weighted by Crippen LogP contribution is -2.42. The number of rotatable bonds is 7. The number of aliphatic hydroxyl groups is 2. The molecule has 1 heterocycles. The average Bonchev–Trinajstić information content (AvgIpc) is 3.24. The lowest BCUT2D eigenvalue weighted by molar-refractivity contribution is -0.0192. The first-order valence-electron chi connectivity index (χ1n) is 11.1. The lowest BCUT2D eigenvalue weighted by Gasteiger charge is -2.31. The van der Waals surface area contributed by atoms with Crippen LogP contribution in [0.25, 0.3) is 0 Å². The van der Waals surface area contributed by atoms with Crippen LogP contribution in [0.5, 0.6) is 11.5 Å². The molecular formula is C26H31FO4. The van der Waals surface area contributed by atoms with E-state index in [4.69, 9.17) is 9.47 Å². The van der Waals surface area contributed by atoms with Crippen molar-refractivity contribution >= 4 is 0 Å². The summed E-state index contributed by atoms with van der Waals surface area (Å²) in [6.45, 7) is 5.43. The molecule has 1 saturated carbocycles. The number of benzene rings is 2. The minimum atomic E-state index is -1.47. The van der Waals surface area contributed by atoms with Crippen LogP contribution in [-0.2, 0) is 6.42 Å². The summed E-state index contributed by atoms with van der Waals surface area (Å²) < 4.78 is 27.3. The third kappa shape index (κ3) is 4.21. The van der Waals surface area contributed by atoms with Gasteiger partial charge < -0.3 is 19.7 Å². The summed E-state index contributed by atoms with van der Waals surface area (Å²) in [4.78, 5) is 0. The van der Waals surface area contributed by atoms with Gasteiger partial charge in [0.1, 0.15) is 35.1 Å². The van der Waals surface area contributed by atoms with Crippen LogP contribution in [0.2, 0.25) is 0 Å². The second-order valence-electron chi connectivity index (χ2n) is 9.12. The van der Waals surface area contributed by atoms with E-state index in [1.165, 1.54) is 6.08 Å². The number of halogens is 1. The molecule has 0 radical (unpaired) electrons. The van der Waals surface area contributed by atoms with E-state index in [-0.39, 0.29) is 12.0 Å². The van der Waals surface area contributed by atoms with Crippen LogP contribution in [0.4, 0.5) is 4.39 Å². The van der Waals surface area contributed by atoms with E-state index in [1.54, 1.807) is 26.0 Å². The van der Waals surface area contributed by atoms with Crippen LogP contribution in [0, 0.1) is 5.92 Å². The minimum Gasteiger partial charge on any atom is -0.489 e. The lowest BCUT2D eigenvalue weighted by atomic mass is 9.85. The molecule has 2 aromatic carbocycles. The number of fused-ring (bicyclic) bond motifs is 3. The van der Waals surface area contributed by atoms with Crippen molar-refractivity contribution in [2.24, 2.45) is 5.92 Å². The largest absolute Gasteiger partial charge is 0.489 e. The smallest absolute Gasteiger partial charge is 0.144 e. The van der Waals surface area contributed by atoms with Crippen LogP contribution < -0.4 is 9.47 Å². The molecule has 5 atom stereocenters. The van der Waals surface area contributed by atoms with Gasteiger partial charge >= 0.3 is 0 Å². The van der Waals surface area contributed by atoms with Gasteiger partial charge in [-0.3, -0.25) is 0 Å². The van der Waals surface area contributed by atoms with E-state index in [0.717, 1.165) is 29.7 Å². The van der Waals surface area contributed by atoms with E-state index < -0.39 is 29.6 Å². The molecule has 2 N–H and O–H groups in total. The number of hydrogen-bond acceptors (Lipinski definition) is 4. The SMILES string of the molecule is CCCc1cccc2c1O[C@H]1C[C@@H](O)[C@H](/C=C(\F)[C@H](O)C(C)(C)Oc3ccccc3)[C@@H]21. The van der Waals surface area contributed by atoms with Crippen LogP contribution in [-0.4, -0.2) is 34.1 Å². The third-order valence-electron chi connectivity index (χ3n) is 6.40. The first-order chi connectivity index (χ1) is 14.8. The molecule has 1 aliphatic heterocycles. The summed E-state index contributed by atoms with van der Waals surface area (Å²) in [5.74, 6) is 0.159. The predicted octanol–water partition coefficient (Wildman–Crippen LogP) is 4.94. The Kier molecular flexibility index (Phi) is 6.09. The number of para-hydroxylation sites is 2. The van der Waals surface area contributed by atoms with E-state index >= 15 is 4.39 Å². The molecule has 0 amide bonds. The molecule has 0 spiro atoms. The van der Waals surface area contributed by atoms with Gasteiger partial charge in [0.2, 0.25) is 0 Å². The van der Waals surface area contributed by atoms with Crippen molar-refractivity contribution in [3.63, 3.8) is 0 Å². The van der Waals surface area contributed by atoms with E-state index in [0.29, 0.717) is 12.2 Å².